The van der Waals surface area contributed by atoms with Gasteiger partial charge in [0.2, 0.25) is 0 Å². The molecule has 0 amide bonds. The Morgan fingerprint density at radius 2 is 1.83 bits per heavy atom. The Labute approximate surface area is 209 Å². The number of benzene rings is 1. The average Bonchev–Trinajstić information content (AvgIpc) is 3.46. The summed E-state index contributed by atoms with van der Waals surface area (Å²) in [6, 6.07) is 10.2. The fourth-order valence-corrected chi connectivity index (χ4v) is 5.36. The molecule has 2 N–H and O–H groups in total. The van der Waals surface area contributed by atoms with Crippen molar-refractivity contribution in [2.24, 2.45) is 0 Å². The number of aryl methyl sites for hydroxylation is 2. The van der Waals surface area contributed by atoms with Gasteiger partial charge in [0.05, 0.1) is 28.9 Å². The van der Waals surface area contributed by atoms with Crippen LogP contribution in [0.4, 0.5) is 16.0 Å². The Hall–Kier alpha value is -3.33. The topological polar surface area (TPSA) is 91.5 Å². The van der Waals surface area contributed by atoms with Gasteiger partial charge in [0.15, 0.2) is 5.65 Å². The molecule has 1 aromatic carbocycles. The van der Waals surface area contributed by atoms with Gasteiger partial charge in [-0.15, -0.1) is 0 Å². The molecule has 36 heavy (non-hydrogen) atoms. The van der Waals surface area contributed by atoms with Gasteiger partial charge in [-0.05, 0) is 70.6 Å². The third-order valence-corrected chi connectivity index (χ3v) is 7.52. The van der Waals surface area contributed by atoms with Crippen molar-refractivity contribution in [1.82, 2.24) is 24.6 Å². The Kier molecular flexibility index (Phi) is 5.55. The van der Waals surface area contributed by atoms with Gasteiger partial charge in [0, 0.05) is 24.7 Å². The van der Waals surface area contributed by atoms with E-state index in [1.165, 1.54) is 0 Å². The van der Waals surface area contributed by atoms with Crippen LogP contribution < -0.4 is 10.2 Å². The van der Waals surface area contributed by atoms with E-state index in [9.17, 15) is 9.50 Å². The van der Waals surface area contributed by atoms with Crippen LogP contribution in [-0.4, -0.2) is 60.6 Å². The highest BCUT2D eigenvalue weighted by molar-refractivity contribution is 5.79. The second-order valence-electron chi connectivity index (χ2n) is 10.7. The predicted octanol–water partition coefficient (Wildman–Crippen LogP) is 4.61. The number of alkyl halides is 1. The molecule has 0 bridgehead atoms. The Morgan fingerprint density at radius 1 is 1.03 bits per heavy atom. The highest BCUT2D eigenvalue weighted by atomic mass is 19.1. The highest BCUT2D eigenvalue weighted by Gasteiger charge is 2.30. The standard InChI is InChI=1S/C27H32FN7O/c1-16-4-5-20-21(12-16)31-26(17(2)29-20)22-13-24-32-23(34-11-8-18(28)15-34)14-25(35(24)33-22)30-19-6-9-27(3,36)10-7-19/h4-5,12-14,18-19,30,36H,6-11,15H2,1-3H3/t18-,19-,27-/m1/s1. The van der Waals surface area contributed by atoms with Gasteiger partial charge in [-0.3, -0.25) is 0 Å². The van der Waals surface area contributed by atoms with Crippen molar-refractivity contribution in [2.45, 2.75) is 70.7 Å². The smallest absolute Gasteiger partial charge is 0.160 e. The Morgan fingerprint density at radius 3 is 2.58 bits per heavy atom. The monoisotopic (exact) mass is 489 g/mol. The van der Waals surface area contributed by atoms with Crippen LogP contribution in [0.5, 0.6) is 0 Å². The molecule has 0 unspecified atom stereocenters. The minimum atomic E-state index is -0.834. The molecule has 1 aliphatic carbocycles. The first-order chi connectivity index (χ1) is 17.2. The molecule has 4 aromatic rings. The second kappa shape index (κ2) is 8.65. The molecule has 2 aliphatic rings. The summed E-state index contributed by atoms with van der Waals surface area (Å²) in [5.41, 5.74) is 5.13. The predicted molar refractivity (Wildman–Crippen MR) is 139 cm³/mol. The minimum Gasteiger partial charge on any atom is -0.390 e. The van der Waals surface area contributed by atoms with E-state index < -0.39 is 11.8 Å². The van der Waals surface area contributed by atoms with Gasteiger partial charge in [-0.1, -0.05) is 6.07 Å². The number of anilines is 2. The summed E-state index contributed by atoms with van der Waals surface area (Å²) in [7, 11) is 0. The summed E-state index contributed by atoms with van der Waals surface area (Å²) in [4.78, 5) is 16.5. The lowest BCUT2D eigenvalue weighted by molar-refractivity contribution is 0.0196. The van der Waals surface area contributed by atoms with E-state index in [-0.39, 0.29) is 6.04 Å². The van der Waals surface area contributed by atoms with Crippen LogP contribution in [0.25, 0.3) is 28.1 Å². The number of nitrogens with one attached hydrogen (secondary N) is 1. The summed E-state index contributed by atoms with van der Waals surface area (Å²) >= 11 is 0. The second-order valence-corrected chi connectivity index (χ2v) is 10.7. The van der Waals surface area contributed by atoms with E-state index in [0.717, 1.165) is 65.3 Å². The zero-order valence-electron chi connectivity index (χ0n) is 21.0. The van der Waals surface area contributed by atoms with Crippen LogP contribution in [-0.2, 0) is 0 Å². The molecule has 0 spiro atoms. The first-order valence-corrected chi connectivity index (χ1v) is 12.8. The molecule has 1 saturated carbocycles. The van der Waals surface area contributed by atoms with Crippen molar-refractivity contribution >= 4 is 28.3 Å². The normalized spacial score (nSPS) is 24.6. The maximum Gasteiger partial charge on any atom is 0.160 e. The molecule has 2 fully saturated rings. The molecule has 3 aromatic heterocycles. The van der Waals surface area contributed by atoms with Crippen LogP contribution in [0.2, 0.25) is 0 Å². The van der Waals surface area contributed by atoms with Crippen molar-refractivity contribution in [3.63, 3.8) is 0 Å². The van der Waals surface area contributed by atoms with Crippen molar-refractivity contribution in [3.8, 4) is 11.4 Å². The van der Waals surface area contributed by atoms with Gasteiger partial charge in [0.1, 0.15) is 29.2 Å². The van der Waals surface area contributed by atoms with E-state index >= 15 is 0 Å². The lowest BCUT2D eigenvalue weighted by Gasteiger charge is -2.34. The van der Waals surface area contributed by atoms with E-state index in [1.807, 2.05) is 60.5 Å². The average molecular weight is 490 g/mol. The molecule has 1 saturated heterocycles. The zero-order chi connectivity index (χ0) is 25.0. The summed E-state index contributed by atoms with van der Waals surface area (Å²) in [5, 5.41) is 18.9. The molecule has 6 rings (SSSR count). The van der Waals surface area contributed by atoms with Crippen LogP contribution in [0, 0.1) is 13.8 Å². The van der Waals surface area contributed by atoms with Gasteiger partial charge in [0.25, 0.3) is 0 Å². The van der Waals surface area contributed by atoms with Crippen molar-refractivity contribution in [3.05, 3.63) is 41.6 Å². The van der Waals surface area contributed by atoms with Crippen molar-refractivity contribution < 1.29 is 9.50 Å². The van der Waals surface area contributed by atoms with Crippen LogP contribution in [0.1, 0.15) is 50.3 Å². The molecule has 1 atom stereocenters. The van der Waals surface area contributed by atoms with Gasteiger partial charge < -0.3 is 15.3 Å². The number of aromatic nitrogens is 5. The van der Waals surface area contributed by atoms with Gasteiger partial charge >= 0.3 is 0 Å². The molecule has 4 heterocycles. The van der Waals surface area contributed by atoms with E-state index in [4.69, 9.17) is 20.1 Å². The molecule has 1 aliphatic heterocycles. The first-order valence-electron chi connectivity index (χ1n) is 12.8. The van der Waals surface area contributed by atoms with Crippen LogP contribution in [0.3, 0.4) is 0 Å². The van der Waals surface area contributed by atoms with Crippen LogP contribution >= 0.6 is 0 Å². The third kappa shape index (κ3) is 4.36. The molecular weight excluding hydrogens is 457 g/mol. The van der Waals surface area contributed by atoms with E-state index in [1.54, 1.807) is 0 Å². The maximum atomic E-state index is 14.0. The quantitative estimate of drug-likeness (QED) is 0.433. The number of hydrogen-bond acceptors (Lipinski definition) is 7. The Balaban J connectivity index is 1.42. The third-order valence-electron chi connectivity index (χ3n) is 7.52. The van der Waals surface area contributed by atoms with Crippen molar-refractivity contribution in [2.75, 3.05) is 23.3 Å². The fourth-order valence-electron chi connectivity index (χ4n) is 5.36. The lowest BCUT2D eigenvalue weighted by atomic mass is 9.84. The Bertz CT molecular complexity index is 1440. The zero-order valence-corrected chi connectivity index (χ0v) is 21.0. The maximum absolute atomic E-state index is 14.0. The van der Waals surface area contributed by atoms with Crippen LogP contribution in [0.15, 0.2) is 30.3 Å². The number of aliphatic hydroxyl groups is 1. The largest absolute Gasteiger partial charge is 0.390 e. The molecule has 0 radical (unpaired) electrons. The summed E-state index contributed by atoms with van der Waals surface area (Å²) in [6.45, 7) is 6.89. The summed E-state index contributed by atoms with van der Waals surface area (Å²) < 4.78 is 15.8. The number of fused-ring (bicyclic) bond motifs is 2. The molecule has 9 heteroatoms. The number of rotatable bonds is 4. The first kappa shape index (κ1) is 23.1. The lowest BCUT2D eigenvalue weighted by Crippen LogP contribution is -2.36. The number of hydrogen-bond donors (Lipinski definition) is 2. The van der Waals surface area contributed by atoms with E-state index in [0.29, 0.717) is 30.9 Å². The van der Waals surface area contributed by atoms with Gasteiger partial charge in [-0.2, -0.15) is 9.61 Å². The molecule has 8 nitrogen and oxygen atoms in total. The summed E-state index contributed by atoms with van der Waals surface area (Å²) in [6.07, 6.45) is 2.91. The number of nitrogens with zero attached hydrogens (tertiary/aromatic N) is 6. The van der Waals surface area contributed by atoms with Gasteiger partial charge in [-0.25, -0.2) is 19.3 Å². The molecule has 188 valence electrons. The number of halogens is 1. The van der Waals surface area contributed by atoms with E-state index in [2.05, 4.69) is 5.32 Å². The SMILES string of the molecule is Cc1ccc2nc(C)c(-c3cc4nc(N5CC[C@@H](F)C5)cc(N[C@H]5CC[C@](C)(O)CC5)n4n3)nc2c1. The van der Waals surface area contributed by atoms with Crippen molar-refractivity contribution in [1.29, 1.82) is 0 Å². The fraction of sp³-hybridized carbons (Fsp3) is 0.481. The summed E-state index contributed by atoms with van der Waals surface area (Å²) in [5.74, 6) is 1.56. The minimum absolute atomic E-state index is 0.217. The highest BCUT2D eigenvalue weighted by Crippen LogP contribution is 2.32. The molecular formula is C27H32FN7O.